The zero-order valence-electron chi connectivity index (χ0n) is 16.5. The van der Waals surface area contributed by atoms with E-state index in [9.17, 15) is 0 Å². The van der Waals surface area contributed by atoms with Crippen molar-refractivity contribution in [2.75, 3.05) is 44.8 Å². The lowest BCUT2D eigenvalue weighted by Crippen LogP contribution is -2.48. The molecule has 27 heavy (non-hydrogen) atoms. The summed E-state index contributed by atoms with van der Waals surface area (Å²) >= 11 is 0. The number of morpholine rings is 1. The van der Waals surface area contributed by atoms with Crippen LogP contribution in [0.1, 0.15) is 32.1 Å². The molecule has 5 nitrogen and oxygen atoms in total. The minimum Gasteiger partial charge on any atom is -0.497 e. The number of hydrogen-bond acceptors (Lipinski definition) is 5. The van der Waals surface area contributed by atoms with E-state index in [1.807, 2.05) is 0 Å². The molecule has 1 N–H and O–H groups in total. The standard InChI is InChI=1S/C22H33N3O2/c1-26-21-6-4-19(5-7-21)24-10-8-17(9-11-24)23-18-12-20-15-27-22(16-2-3-16)14-25(20)13-18/h4-7,16-18,20,22-23H,2-3,8-15H2,1H3/t18-,20-,22+/m0/s1. The van der Waals surface area contributed by atoms with Crippen molar-refractivity contribution in [2.45, 2.75) is 56.3 Å². The smallest absolute Gasteiger partial charge is 0.119 e. The maximum absolute atomic E-state index is 6.15. The number of piperidine rings is 1. The molecule has 0 amide bonds. The number of nitrogens with one attached hydrogen (secondary N) is 1. The lowest BCUT2D eigenvalue weighted by Gasteiger charge is -2.35. The van der Waals surface area contributed by atoms with Gasteiger partial charge in [-0.1, -0.05) is 0 Å². The summed E-state index contributed by atoms with van der Waals surface area (Å²) in [6.07, 6.45) is 7.02. The van der Waals surface area contributed by atoms with Crippen molar-refractivity contribution in [3.05, 3.63) is 24.3 Å². The summed E-state index contributed by atoms with van der Waals surface area (Å²) in [5, 5.41) is 3.98. The average Bonchev–Trinajstić information content (AvgIpc) is 3.49. The lowest BCUT2D eigenvalue weighted by molar-refractivity contribution is -0.0581. The monoisotopic (exact) mass is 371 g/mol. The van der Waals surface area contributed by atoms with E-state index in [4.69, 9.17) is 9.47 Å². The van der Waals surface area contributed by atoms with E-state index >= 15 is 0 Å². The van der Waals surface area contributed by atoms with Gasteiger partial charge in [-0.3, -0.25) is 4.90 Å². The molecular formula is C22H33N3O2. The minimum absolute atomic E-state index is 0.521. The normalized spacial score (nSPS) is 32.5. The number of anilines is 1. The first-order valence-corrected chi connectivity index (χ1v) is 10.8. The van der Waals surface area contributed by atoms with E-state index < -0.39 is 0 Å². The fourth-order valence-corrected chi connectivity index (χ4v) is 5.20. The molecular weight excluding hydrogens is 338 g/mol. The maximum atomic E-state index is 6.15. The van der Waals surface area contributed by atoms with Gasteiger partial charge in [-0.25, -0.2) is 0 Å². The van der Waals surface area contributed by atoms with Gasteiger partial charge >= 0.3 is 0 Å². The molecule has 0 aromatic heterocycles. The number of rotatable bonds is 5. The Bertz CT molecular complexity index is 625. The molecule has 1 aliphatic carbocycles. The first-order chi connectivity index (χ1) is 13.3. The van der Waals surface area contributed by atoms with Crippen LogP contribution in [0.5, 0.6) is 5.75 Å². The van der Waals surface area contributed by atoms with Crippen LogP contribution < -0.4 is 15.0 Å². The zero-order chi connectivity index (χ0) is 18.2. The first kappa shape index (κ1) is 17.8. The van der Waals surface area contributed by atoms with Gasteiger partial charge in [0.05, 0.1) is 19.8 Å². The second kappa shape index (κ2) is 7.61. The highest BCUT2D eigenvalue weighted by Gasteiger charge is 2.42. The van der Waals surface area contributed by atoms with E-state index in [1.165, 1.54) is 50.9 Å². The molecule has 148 valence electrons. The van der Waals surface area contributed by atoms with E-state index in [-0.39, 0.29) is 0 Å². The number of hydrogen-bond donors (Lipinski definition) is 1. The molecule has 1 aromatic rings. The second-order valence-corrected chi connectivity index (χ2v) is 8.88. The van der Waals surface area contributed by atoms with Crippen LogP contribution in [0.25, 0.3) is 0 Å². The molecule has 0 bridgehead atoms. The highest BCUT2D eigenvalue weighted by molar-refractivity contribution is 5.49. The summed E-state index contributed by atoms with van der Waals surface area (Å²) in [5.41, 5.74) is 1.32. The third-order valence-corrected chi connectivity index (χ3v) is 7.00. The Labute approximate surface area is 163 Å². The molecule has 3 heterocycles. The Balaban J connectivity index is 1.09. The van der Waals surface area contributed by atoms with E-state index in [0.29, 0.717) is 24.2 Å². The molecule has 1 aromatic carbocycles. The summed E-state index contributed by atoms with van der Waals surface area (Å²) in [4.78, 5) is 5.21. The summed E-state index contributed by atoms with van der Waals surface area (Å²) in [5.74, 6) is 1.79. The van der Waals surface area contributed by atoms with Crippen LogP contribution in [-0.2, 0) is 4.74 Å². The summed E-state index contributed by atoms with van der Waals surface area (Å²) in [6.45, 7) is 5.61. The Hall–Kier alpha value is -1.30. The fraction of sp³-hybridized carbons (Fsp3) is 0.727. The summed E-state index contributed by atoms with van der Waals surface area (Å²) in [7, 11) is 1.72. The average molecular weight is 372 g/mol. The summed E-state index contributed by atoms with van der Waals surface area (Å²) < 4.78 is 11.4. The third-order valence-electron chi connectivity index (χ3n) is 7.00. The van der Waals surface area contributed by atoms with Gasteiger partial charge in [0.2, 0.25) is 0 Å². The van der Waals surface area contributed by atoms with Crippen LogP contribution in [0.3, 0.4) is 0 Å². The number of benzene rings is 1. The van der Waals surface area contributed by atoms with Gasteiger partial charge in [-0.05, 0) is 62.3 Å². The van der Waals surface area contributed by atoms with Crippen molar-refractivity contribution < 1.29 is 9.47 Å². The van der Waals surface area contributed by atoms with E-state index in [2.05, 4.69) is 39.4 Å². The Morgan fingerprint density at radius 3 is 2.48 bits per heavy atom. The quantitative estimate of drug-likeness (QED) is 0.861. The van der Waals surface area contributed by atoms with Crippen molar-refractivity contribution in [2.24, 2.45) is 5.92 Å². The molecule has 4 fully saturated rings. The molecule has 3 atom stereocenters. The molecule has 5 rings (SSSR count). The van der Waals surface area contributed by atoms with Gasteiger partial charge in [0.15, 0.2) is 0 Å². The van der Waals surface area contributed by atoms with Gasteiger partial charge in [-0.15, -0.1) is 0 Å². The van der Waals surface area contributed by atoms with Crippen LogP contribution in [-0.4, -0.2) is 69.0 Å². The molecule has 5 heteroatoms. The zero-order valence-corrected chi connectivity index (χ0v) is 16.5. The maximum Gasteiger partial charge on any atom is 0.119 e. The summed E-state index contributed by atoms with van der Waals surface area (Å²) in [6, 6.07) is 10.4. The Kier molecular flexibility index (Phi) is 5.01. The largest absolute Gasteiger partial charge is 0.497 e. The Morgan fingerprint density at radius 2 is 1.78 bits per heavy atom. The molecule has 3 aliphatic heterocycles. The SMILES string of the molecule is COc1ccc(N2CCC(N[C@H]3C[C@H]4CO[C@@H](C5CC5)CN4C3)CC2)cc1. The predicted octanol–water partition coefficient (Wildman–Crippen LogP) is 2.51. The molecule has 4 aliphatic rings. The van der Waals surface area contributed by atoms with E-state index in [1.54, 1.807) is 7.11 Å². The highest BCUT2D eigenvalue weighted by atomic mass is 16.5. The van der Waals surface area contributed by atoms with Crippen LogP contribution in [0.4, 0.5) is 5.69 Å². The Morgan fingerprint density at radius 1 is 1.00 bits per heavy atom. The third kappa shape index (κ3) is 3.96. The lowest BCUT2D eigenvalue weighted by atomic mass is 10.0. The van der Waals surface area contributed by atoms with Crippen LogP contribution in [0.2, 0.25) is 0 Å². The van der Waals surface area contributed by atoms with Gasteiger partial charge in [0.1, 0.15) is 5.75 Å². The molecule has 0 unspecified atom stereocenters. The van der Waals surface area contributed by atoms with Crippen LogP contribution >= 0.6 is 0 Å². The second-order valence-electron chi connectivity index (χ2n) is 8.88. The molecule has 0 spiro atoms. The highest BCUT2D eigenvalue weighted by Crippen LogP contribution is 2.38. The van der Waals surface area contributed by atoms with Crippen molar-refractivity contribution >= 4 is 5.69 Å². The van der Waals surface area contributed by atoms with Gasteiger partial charge in [-0.2, -0.15) is 0 Å². The minimum atomic E-state index is 0.521. The molecule has 1 saturated carbocycles. The van der Waals surface area contributed by atoms with Crippen LogP contribution in [0, 0.1) is 5.92 Å². The van der Waals surface area contributed by atoms with Crippen LogP contribution in [0.15, 0.2) is 24.3 Å². The van der Waals surface area contributed by atoms with Crippen molar-refractivity contribution in [3.8, 4) is 5.75 Å². The van der Waals surface area contributed by atoms with Crippen molar-refractivity contribution in [3.63, 3.8) is 0 Å². The number of methoxy groups -OCH3 is 1. The van der Waals surface area contributed by atoms with E-state index in [0.717, 1.165) is 31.4 Å². The van der Waals surface area contributed by atoms with Gasteiger partial charge in [0.25, 0.3) is 0 Å². The van der Waals surface area contributed by atoms with Crippen molar-refractivity contribution in [1.82, 2.24) is 10.2 Å². The molecule has 3 saturated heterocycles. The predicted molar refractivity (Wildman–Crippen MR) is 108 cm³/mol. The number of fused-ring (bicyclic) bond motifs is 1. The first-order valence-electron chi connectivity index (χ1n) is 10.8. The molecule has 0 radical (unpaired) electrons. The topological polar surface area (TPSA) is 37.0 Å². The fourth-order valence-electron chi connectivity index (χ4n) is 5.20. The van der Waals surface area contributed by atoms with Gasteiger partial charge in [0, 0.05) is 50.0 Å². The van der Waals surface area contributed by atoms with Crippen molar-refractivity contribution in [1.29, 1.82) is 0 Å². The number of ether oxygens (including phenoxy) is 2. The van der Waals surface area contributed by atoms with Gasteiger partial charge < -0.3 is 19.7 Å². The number of nitrogens with zero attached hydrogens (tertiary/aromatic N) is 2.